The molecule has 1 aliphatic heterocycles. The summed E-state index contributed by atoms with van der Waals surface area (Å²) in [4.78, 5) is 1.04. The largest absolute Gasteiger partial charge is 0.266 e. The van der Waals surface area contributed by atoms with E-state index < -0.39 is 10.0 Å². The highest BCUT2D eigenvalue weighted by Gasteiger charge is 2.33. The molecule has 0 amide bonds. The fraction of sp³-hybridized carbons (Fsp3) is 0.333. The van der Waals surface area contributed by atoms with Crippen molar-refractivity contribution >= 4 is 38.6 Å². The van der Waals surface area contributed by atoms with Crippen molar-refractivity contribution in [3.05, 3.63) is 46.2 Å². The topological polar surface area (TPSA) is 37.4 Å². The number of para-hydroxylation sites is 1. The van der Waals surface area contributed by atoms with Crippen LogP contribution in [-0.4, -0.2) is 15.0 Å². The number of thiophene rings is 1. The third kappa shape index (κ3) is 2.58. The van der Waals surface area contributed by atoms with Crippen LogP contribution < -0.4 is 4.31 Å². The summed E-state index contributed by atoms with van der Waals surface area (Å²) in [5.41, 5.74) is 1.88. The lowest BCUT2D eigenvalue weighted by molar-refractivity contribution is 0.544. The molecule has 0 bridgehead atoms. The van der Waals surface area contributed by atoms with E-state index in [4.69, 9.17) is 11.6 Å². The zero-order valence-corrected chi connectivity index (χ0v) is 14.0. The second kappa shape index (κ2) is 5.63. The molecule has 3 rings (SSSR count). The highest BCUT2D eigenvalue weighted by Crippen LogP contribution is 2.35. The Kier molecular flexibility index (Phi) is 3.99. The maximum Gasteiger partial charge on any atom is 0.265 e. The van der Waals surface area contributed by atoms with Gasteiger partial charge in [0, 0.05) is 11.4 Å². The molecule has 3 nitrogen and oxygen atoms in total. The molecule has 2 aromatic rings. The van der Waals surface area contributed by atoms with Crippen LogP contribution in [0.15, 0.2) is 40.6 Å². The molecule has 0 saturated carbocycles. The summed E-state index contributed by atoms with van der Waals surface area (Å²) < 4.78 is 27.6. The number of anilines is 1. The zero-order valence-electron chi connectivity index (χ0n) is 11.6. The number of hydrogen-bond donors (Lipinski definition) is 0. The summed E-state index contributed by atoms with van der Waals surface area (Å²) in [6.45, 7) is 2.59. The summed E-state index contributed by atoms with van der Waals surface area (Å²) >= 11 is 7.26. The lowest BCUT2D eigenvalue weighted by Gasteiger charge is -2.33. The minimum Gasteiger partial charge on any atom is -0.266 e. The maximum absolute atomic E-state index is 13.0. The van der Waals surface area contributed by atoms with Crippen LogP contribution in [0, 0.1) is 5.92 Å². The fourth-order valence-corrected chi connectivity index (χ4v) is 6.05. The second-order valence-corrected chi connectivity index (χ2v) is 8.41. The number of nitrogens with zero attached hydrogens (tertiary/aromatic N) is 1. The van der Waals surface area contributed by atoms with Gasteiger partial charge in [-0.05, 0) is 35.4 Å². The third-order valence-corrected chi connectivity index (χ3v) is 7.04. The molecule has 112 valence electrons. The molecule has 1 aliphatic rings. The lowest BCUT2D eigenvalue weighted by atomic mass is 9.96. The normalized spacial score (nSPS) is 18.6. The van der Waals surface area contributed by atoms with Crippen molar-refractivity contribution in [2.24, 2.45) is 5.92 Å². The first-order valence-electron chi connectivity index (χ1n) is 6.77. The number of alkyl halides is 1. The number of hydrogen-bond acceptors (Lipinski definition) is 3. The average Bonchev–Trinajstić information content (AvgIpc) is 2.95. The Morgan fingerprint density at radius 1 is 1.33 bits per heavy atom. The molecule has 0 radical (unpaired) electrons. The molecule has 0 aliphatic carbocycles. The smallest absolute Gasteiger partial charge is 0.265 e. The summed E-state index contributed by atoms with van der Waals surface area (Å²) in [7, 11) is -3.55. The molecule has 0 N–H and O–H groups in total. The van der Waals surface area contributed by atoms with Gasteiger partial charge >= 0.3 is 0 Å². The average molecular weight is 342 g/mol. The van der Waals surface area contributed by atoms with Crippen LogP contribution in [0.25, 0.3) is 0 Å². The van der Waals surface area contributed by atoms with E-state index in [0.717, 1.165) is 17.7 Å². The predicted molar refractivity (Wildman–Crippen MR) is 87.7 cm³/mol. The minimum absolute atomic E-state index is 0.220. The Bertz CT molecular complexity index is 755. The van der Waals surface area contributed by atoms with Gasteiger partial charge in [-0.15, -0.1) is 22.9 Å². The fourth-order valence-electron chi connectivity index (χ4n) is 2.75. The summed E-state index contributed by atoms with van der Waals surface area (Å²) in [6.07, 6.45) is 0.911. The Labute approximate surface area is 134 Å². The summed E-state index contributed by atoms with van der Waals surface area (Å²) in [5.74, 6) is 0.518. The molecule has 0 saturated heterocycles. The predicted octanol–water partition coefficient (Wildman–Crippen LogP) is 3.87. The molecule has 0 spiro atoms. The van der Waals surface area contributed by atoms with Gasteiger partial charge < -0.3 is 0 Å². The third-order valence-electron chi connectivity index (χ3n) is 3.70. The number of rotatable bonds is 3. The van der Waals surface area contributed by atoms with Crippen molar-refractivity contribution in [1.29, 1.82) is 0 Å². The van der Waals surface area contributed by atoms with Crippen molar-refractivity contribution in [2.45, 2.75) is 24.1 Å². The zero-order chi connectivity index (χ0) is 15.0. The molecule has 1 unspecified atom stereocenters. The number of fused-ring (bicyclic) bond motifs is 1. The van der Waals surface area contributed by atoms with Crippen molar-refractivity contribution in [3.8, 4) is 0 Å². The van der Waals surface area contributed by atoms with Crippen molar-refractivity contribution in [2.75, 3.05) is 10.8 Å². The van der Waals surface area contributed by atoms with Gasteiger partial charge in [-0.1, -0.05) is 25.1 Å². The maximum atomic E-state index is 13.0. The van der Waals surface area contributed by atoms with Gasteiger partial charge in [0.15, 0.2) is 0 Å². The molecular weight excluding hydrogens is 326 g/mol. The summed E-state index contributed by atoms with van der Waals surface area (Å²) in [6, 6.07) is 9.37. The molecule has 2 heterocycles. The van der Waals surface area contributed by atoms with Crippen LogP contribution in [0.4, 0.5) is 5.69 Å². The van der Waals surface area contributed by atoms with Gasteiger partial charge in [-0.25, -0.2) is 8.42 Å². The van der Waals surface area contributed by atoms with Crippen LogP contribution in [0.5, 0.6) is 0 Å². The van der Waals surface area contributed by atoms with Gasteiger partial charge in [0.1, 0.15) is 4.90 Å². The Morgan fingerprint density at radius 2 is 2.10 bits per heavy atom. The van der Waals surface area contributed by atoms with Crippen LogP contribution in [-0.2, 0) is 22.3 Å². The quantitative estimate of drug-likeness (QED) is 0.795. The van der Waals surface area contributed by atoms with E-state index in [2.05, 4.69) is 6.92 Å². The van der Waals surface area contributed by atoms with E-state index in [-0.39, 0.29) is 5.88 Å². The Morgan fingerprint density at radius 3 is 2.86 bits per heavy atom. The van der Waals surface area contributed by atoms with Crippen LogP contribution >= 0.6 is 22.9 Å². The van der Waals surface area contributed by atoms with Crippen LogP contribution in [0.3, 0.4) is 0 Å². The number of sulfonamides is 1. The van der Waals surface area contributed by atoms with Crippen molar-refractivity contribution in [1.82, 2.24) is 0 Å². The molecule has 1 aromatic heterocycles. The Hall–Kier alpha value is -1.04. The van der Waals surface area contributed by atoms with Crippen LogP contribution in [0.1, 0.15) is 17.4 Å². The molecule has 0 fully saturated rings. The number of benzene rings is 1. The van der Waals surface area contributed by atoms with E-state index in [1.54, 1.807) is 11.4 Å². The van der Waals surface area contributed by atoms with E-state index >= 15 is 0 Å². The van der Waals surface area contributed by atoms with E-state index in [1.165, 1.54) is 15.6 Å². The highest BCUT2D eigenvalue weighted by molar-refractivity contribution is 7.93. The second-order valence-electron chi connectivity index (χ2n) is 5.32. The monoisotopic (exact) mass is 341 g/mol. The lowest BCUT2D eigenvalue weighted by Crippen LogP contribution is -2.39. The van der Waals surface area contributed by atoms with E-state index in [9.17, 15) is 8.42 Å². The first-order chi connectivity index (χ1) is 10.0. The highest BCUT2D eigenvalue weighted by atomic mass is 35.5. The van der Waals surface area contributed by atoms with E-state index in [1.807, 2.05) is 24.3 Å². The minimum atomic E-state index is -3.55. The SMILES string of the molecule is CC1Cc2ccccc2N(S(=O)(=O)c2ccsc2CCl)C1. The molecule has 6 heteroatoms. The first-order valence-corrected chi connectivity index (χ1v) is 9.62. The molecule has 21 heavy (non-hydrogen) atoms. The molecular formula is C15H16ClNO2S2. The van der Waals surface area contributed by atoms with Crippen LogP contribution in [0.2, 0.25) is 0 Å². The molecule has 1 atom stereocenters. The Balaban J connectivity index is 2.12. The van der Waals surface area contributed by atoms with Gasteiger partial charge in [0.05, 0.1) is 11.6 Å². The van der Waals surface area contributed by atoms with Gasteiger partial charge in [0.25, 0.3) is 10.0 Å². The molecule has 1 aromatic carbocycles. The number of halogens is 1. The summed E-state index contributed by atoms with van der Waals surface area (Å²) in [5, 5.41) is 1.78. The van der Waals surface area contributed by atoms with Gasteiger partial charge in [0.2, 0.25) is 0 Å². The van der Waals surface area contributed by atoms with Crippen molar-refractivity contribution in [3.63, 3.8) is 0 Å². The van der Waals surface area contributed by atoms with E-state index in [0.29, 0.717) is 22.2 Å². The first kappa shape index (κ1) is 14.9. The standard InChI is InChI=1S/C15H16ClNO2S2/c1-11-8-12-4-2-3-5-13(12)17(10-11)21(18,19)15-6-7-20-14(15)9-16/h2-7,11H,8-10H2,1H3. The van der Waals surface area contributed by atoms with Gasteiger partial charge in [-0.2, -0.15) is 0 Å². The van der Waals surface area contributed by atoms with Crippen molar-refractivity contribution < 1.29 is 8.42 Å². The van der Waals surface area contributed by atoms with Gasteiger partial charge in [-0.3, -0.25) is 4.31 Å².